The molecule has 1 unspecified atom stereocenters. The van der Waals surface area contributed by atoms with Crippen molar-refractivity contribution in [2.24, 2.45) is 0 Å². The molecule has 160 valence electrons. The number of nitrogens with zero attached hydrogens (tertiary/aromatic N) is 2. The molecule has 0 radical (unpaired) electrons. The van der Waals surface area contributed by atoms with Gasteiger partial charge in [0.2, 0.25) is 5.91 Å². The molecule has 3 rings (SSSR count). The van der Waals surface area contributed by atoms with Gasteiger partial charge in [0, 0.05) is 24.3 Å². The van der Waals surface area contributed by atoms with E-state index in [-0.39, 0.29) is 16.6 Å². The standard InChI is InChI=1S/C20H19ClF3N3O2S/c1-12(18(28)26-16-6-5-14(21)10-15(16)20(22,23)24)30-17-7-4-13(11-25-17)19(29)27-8-2-3-9-27/h4-7,10-12H,2-3,8-9H2,1H3,(H,26,28). The number of alkyl halides is 3. The maximum Gasteiger partial charge on any atom is 0.418 e. The molecule has 5 nitrogen and oxygen atoms in total. The van der Waals surface area contributed by atoms with E-state index in [0.29, 0.717) is 10.6 Å². The van der Waals surface area contributed by atoms with Crippen molar-refractivity contribution in [1.29, 1.82) is 0 Å². The number of anilines is 1. The third kappa shape index (κ3) is 5.46. The summed E-state index contributed by atoms with van der Waals surface area (Å²) in [6.45, 7) is 3.03. The van der Waals surface area contributed by atoms with Crippen LogP contribution in [0.3, 0.4) is 0 Å². The predicted octanol–water partition coefficient (Wildman–Crippen LogP) is 5.11. The minimum atomic E-state index is -4.65. The van der Waals surface area contributed by atoms with Crippen molar-refractivity contribution in [3.05, 3.63) is 52.7 Å². The molecular formula is C20H19ClF3N3O2S. The Bertz CT molecular complexity index is 932. The Labute approximate surface area is 181 Å². The van der Waals surface area contributed by atoms with Crippen LogP contribution in [0, 0.1) is 0 Å². The number of halogens is 4. The van der Waals surface area contributed by atoms with Gasteiger partial charge in [-0.15, -0.1) is 0 Å². The van der Waals surface area contributed by atoms with Gasteiger partial charge in [0.05, 0.1) is 27.1 Å². The lowest BCUT2D eigenvalue weighted by molar-refractivity contribution is -0.137. The number of likely N-dealkylation sites (tertiary alicyclic amines) is 1. The van der Waals surface area contributed by atoms with Gasteiger partial charge in [0.1, 0.15) is 0 Å². The Morgan fingerprint density at radius 2 is 1.90 bits per heavy atom. The van der Waals surface area contributed by atoms with Gasteiger partial charge in [-0.2, -0.15) is 13.2 Å². The Morgan fingerprint density at radius 3 is 2.50 bits per heavy atom. The largest absolute Gasteiger partial charge is 0.418 e. The maximum absolute atomic E-state index is 13.2. The summed E-state index contributed by atoms with van der Waals surface area (Å²) in [5.74, 6) is -0.684. The number of carbonyl (C=O) groups is 2. The second kappa shape index (κ2) is 9.26. The van der Waals surface area contributed by atoms with Crippen molar-refractivity contribution in [3.63, 3.8) is 0 Å². The number of benzene rings is 1. The molecule has 1 saturated heterocycles. The molecule has 2 amide bonds. The Hall–Kier alpha value is -2.26. The summed E-state index contributed by atoms with van der Waals surface area (Å²) in [5, 5.41) is 2.01. The first-order chi connectivity index (χ1) is 14.1. The van der Waals surface area contributed by atoms with Gasteiger partial charge in [0.25, 0.3) is 5.91 Å². The number of amides is 2. The first-order valence-electron chi connectivity index (χ1n) is 9.25. The van der Waals surface area contributed by atoms with Crippen LogP contribution in [0.2, 0.25) is 5.02 Å². The van der Waals surface area contributed by atoms with Gasteiger partial charge in [-0.1, -0.05) is 23.4 Å². The van der Waals surface area contributed by atoms with Crippen LogP contribution in [-0.4, -0.2) is 40.0 Å². The lowest BCUT2D eigenvalue weighted by Crippen LogP contribution is -2.27. The second-order valence-corrected chi connectivity index (χ2v) is 8.62. The van der Waals surface area contributed by atoms with Crippen molar-refractivity contribution in [2.75, 3.05) is 18.4 Å². The van der Waals surface area contributed by atoms with E-state index >= 15 is 0 Å². The fraction of sp³-hybridized carbons (Fsp3) is 0.350. The van der Waals surface area contributed by atoms with E-state index in [1.54, 1.807) is 24.0 Å². The monoisotopic (exact) mass is 457 g/mol. The molecule has 1 fully saturated rings. The highest BCUT2D eigenvalue weighted by molar-refractivity contribution is 8.00. The third-order valence-corrected chi connectivity index (χ3v) is 5.87. The molecule has 1 aromatic heterocycles. The third-order valence-electron chi connectivity index (χ3n) is 4.59. The van der Waals surface area contributed by atoms with Crippen LogP contribution in [0.5, 0.6) is 0 Å². The molecule has 2 aromatic rings. The SMILES string of the molecule is CC(Sc1ccc(C(=O)N2CCCC2)cn1)C(=O)Nc1ccc(Cl)cc1C(F)(F)F. The number of pyridine rings is 1. The van der Waals surface area contributed by atoms with E-state index in [2.05, 4.69) is 10.3 Å². The fourth-order valence-corrected chi connectivity index (χ4v) is 3.97. The summed E-state index contributed by atoms with van der Waals surface area (Å²) >= 11 is 6.74. The average molecular weight is 458 g/mol. The van der Waals surface area contributed by atoms with Crippen LogP contribution >= 0.6 is 23.4 Å². The van der Waals surface area contributed by atoms with Gasteiger partial charge in [0.15, 0.2) is 0 Å². The van der Waals surface area contributed by atoms with Crippen LogP contribution in [0.1, 0.15) is 35.7 Å². The molecule has 0 saturated carbocycles. The smallest absolute Gasteiger partial charge is 0.339 e. The van der Waals surface area contributed by atoms with Gasteiger partial charge in [-0.05, 0) is 50.1 Å². The van der Waals surface area contributed by atoms with E-state index in [0.717, 1.165) is 49.8 Å². The normalized spacial score (nSPS) is 15.2. The topological polar surface area (TPSA) is 62.3 Å². The van der Waals surface area contributed by atoms with E-state index in [9.17, 15) is 22.8 Å². The van der Waals surface area contributed by atoms with Gasteiger partial charge < -0.3 is 10.2 Å². The summed E-state index contributed by atoms with van der Waals surface area (Å²) in [4.78, 5) is 30.7. The zero-order valence-electron chi connectivity index (χ0n) is 16.0. The number of nitrogens with one attached hydrogen (secondary N) is 1. The van der Waals surface area contributed by atoms with Gasteiger partial charge in [-0.25, -0.2) is 4.98 Å². The molecule has 2 heterocycles. The lowest BCUT2D eigenvalue weighted by Gasteiger charge is -2.17. The molecule has 10 heteroatoms. The minimum absolute atomic E-state index is 0.0736. The average Bonchev–Trinajstić information content (AvgIpc) is 3.23. The molecule has 1 N–H and O–H groups in total. The second-order valence-electron chi connectivity index (χ2n) is 6.82. The highest BCUT2D eigenvalue weighted by atomic mass is 35.5. The summed E-state index contributed by atoms with van der Waals surface area (Å²) in [5.41, 5.74) is -0.901. The van der Waals surface area contributed by atoms with Crippen molar-refractivity contribution < 1.29 is 22.8 Å². The molecule has 0 aliphatic carbocycles. The zero-order chi connectivity index (χ0) is 21.9. The summed E-state index contributed by atoms with van der Waals surface area (Å²) < 4.78 is 39.6. The van der Waals surface area contributed by atoms with E-state index in [1.165, 1.54) is 12.3 Å². The maximum atomic E-state index is 13.2. The molecule has 1 aromatic carbocycles. The molecular weight excluding hydrogens is 439 g/mol. The van der Waals surface area contributed by atoms with E-state index in [4.69, 9.17) is 11.6 Å². The minimum Gasteiger partial charge on any atom is -0.339 e. The Kier molecular flexibility index (Phi) is 6.92. The van der Waals surface area contributed by atoms with Crippen molar-refractivity contribution in [2.45, 2.75) is 36.2 Å². The van der Waals surface area contributed by atoms with Crippen LogP contribution in [0.25, 0.3) is 0 Å². The highest BCUT2D eigenvalue weighted by Crippen LogP contribution is 2.37. The van der Waals surface area contributed by atoms with Gasteiger partial charge >= 0.3 is 6.18 Å². The van der Waals surface area contributed by atoms with Crippen LogP contribution in [0.15, 0.2) is 41.6 Å². The summed E-state index contributed by atoms with van der Waals surface area (Å²) in [6.07, 6.45) is -1.22. The highest BCUT2D eigenvalue weighted by Gasteiger charge is 2.34. The molecule has 1 aliphatic heterocycles. The number of rotatable bonds is 5. The molecule has 30 heavy (non-hydrogen) atoms. The van der Waals surface area contributed by atoms with E-state index < -0.39 is 22.9 Å². The summed E-state index contributed by atoms with van der Waals surface area (Å²) in [7, 11) is 0. The Morgan fingerprint density at radius 1 is 1.20 bits per heavy atom. The first kappa shape index (κ1) is 22.4. The summed E-state index contributed by atoms with van der Waals surface area (Å²) in [6, 6.07) is 6.44. The number of hydrogen-bond acceptors (Lipinski definition) is 4. The van der Waals surface area contributed by atoms with E-state index in [1.807, 2.05) is 0 Å². The van der Waals surface area contributed by atoms with Crippen molar-refractivity contribution >= 4 is 40.9 Å². The Balaban J connectivity index is 1.64. The number of carbonyl (C=O) groups excluding carboxylic acids is 2. The van der Waals surface area contributed by atoms with Crippen LogP contribution in [0.4, 0.5) is 18.9 Å². The number of thioether (sulfide) groups is 1. The van der Waals surface area contributed by atoms with Crippen molar-refractivity contribution in [1.82, 2.24) is 9.88 Å². The van der Waals surface area contributed by atoms with Gasteiger partial charge in [-0.3, -0.25) is 9.59 Å². The molecule has 1 aliphatic rings. The fourth-order valence-electron chi connectivity index (χ4n) is 3.01. The molecule has 1 atom stereocenters. The quantitative estimate of drug-likeness (QED) is 0.634. The lowest BCUT2D eigenvalue weighted by atomic mass is 10.1. The van der Waals surface area contributed by atoms with Crippen LogP contribution in [-0.2, 0) is 11.0 Å². The molecule has 0 bridgehead atoms. The number of hydrogen-bond donors (Lipinski definition) is 1. The van der Waals surface area contributed by atoms with Crippen LogP contribution < -0.4 is 5.32 Å². The number of aromatic nitrogens is 1. The molecule has 0 spiro atoms. The predicted molar refractivity (Wildman–Crippen MR) is 110 cm³/mol. The van der Waals surface area contributed by atoms with Crippen molar-refractivity contribution in [3.8, 4) is 0 Å². The zero-order valence-corrected chi connectivity index (χ0v) is 17.6. The first-order valence-corrected chi connectivity index (χ1v) is 10.5.